The normalized spacial score (nSPS) is 9.96. The molecule has 0 spiro atoms. The van der Waals surface area contributed by atoms with Gasteiger partial charge >= 0.3 is 11.9 Å². The lowest BCUT2D eigenvalue weighted by Crippen LogP contribution is -2.19. The van der Waals surface area contributed by atoms with Gasteiger partial charge in [-0.2, -0.15) is 0 Å². The Morgan fingerprint density at radius 2 is 1.54 bits per heavy atom. The van der Waals surface area contributed by atoms with Gasteiger partial charge in [0.15, 0.2) is 19.0 Å². The number of ketones is 1. The maximum absolute atomic E-state index is 11.8. The molecule has 0 aliphatic rings. The number of esters is 2. The van der Waals surface area contributed by atoms with E-state index < -0.39 is 11.9 Å². The monoisotopic (exact) mass is 339 g/mol. The molecule has 0 fully saturated rings. The number of rotatable bonds is 10. The average molecular weight is 339 g/mol. The van der Waals surface area contributed by atoms with Crippen molar-refractivity contribution < 1.29 is 33.3 Å². The molecule has 8 nitrogen and oxygen atoms in total. The first kappa shape index (κ1) is 19.4. The summed E-state index contributed by atoms with van der Waals surface area (Å²) in [5, 5.41) is 0. The Kier molecular flexibility index (Phi) is 8.28. The SMILES string of the molecule is CCOC(=O)COc1ccc(C(=O)CN)c(OCC(=O)OCC)c1. The van der Waals surface area contributed by atoms with Crippen molar-refractivity contribution in [3.05, 3.63) is 23.8 Å². The van der Waals surface area contributed by atoms with Gasteiger partial charge in [-0.15, -0.1) is 0 Å². The van der Waals surface area contributed by atoms with Crippen LogP contribution in [0.25, 0.3) is 0 Å². The van der Waals surface area contributed by atoms with Gasteiger partial charge in [-0.3, -0.25) is 4.79 Å². The molecule has 8 heteroatoms. The molecule has 24 heavy (non-hydrogen) atoms. The van der Waals surface area contributed by atoms with Gasteiger partial charge in [0.2, 0.25) is 0 Å². The summed E-state index contributed by atoms with van der Waals surface area (Å²) < 4.78 is 20.1. The first-order valence-corrected chi connectivity index (χ1v) is 7.45. The molecular formula is C16H21NO7. The Morgan fingerprint density at radius 1 is 0.958 bits per heavy atom. The molecule has 0 saturated carbocycles. The van der Waals surface area contributed by atoms with Crippen molar-refractivity contribution >= 4 is 17.7 Å². The lowest BCUT2D eigenvalue weighted by molar-refractivity contribution is -0.146. The number of hydrogen-bond donors (Lipinski definition) is 1. The fourth-order valence-electron chi connectivity index (χ4n) is 1.74. The molecule has 0 aliphatic heterocycles. The van der Waals surface area contributed by atoms with Crippen LogP contribution in [0.4, 0.5) is 0 Å². The molecular weight excluding hydrogens is 318 g/mol. The summed E-state index contributed by atoms with van der Waals surface area (Å²) in [6.45, 7) is 2.98. The van der Waals surface area contributed by atoms with Crippen LogP contribution in [0.15, 0.2) is 18.2 Å². The highest BCUT2D eigenvalue weighted by molar-refractivity contribution is 6.00. The van der Waals surface area contributed by atoms with Crippen molar-refractivity contribution in [1.82, 2.24) is 0 Å². The topological polar surface area (TPSA) is 114 Å². The Bertz CT molecular complexity index is 586. The minimum Gasteiger partial charge on any atom is -0.482 e. The highest BCUT2D eigenvalue weighted by Gasteiger charge is 2.15. The van der Waals surface area contributed by atoms with E-state index >= 15 is 0 Å². The predicted molar refractivity (Wildman–Crippen MR) is 84.1 cm³/mol. The van der Waals surface area contributed by atoms with Crippen LogP contribution in [-0.4, -0.2) is 50.7 Å². The summed E-state index contributed by atoms with van der Waals surface area (Å²) in [7, 11) is 0. The highest BCUT2D eigenvalue weighted by Crippen LogP contribution is 2.25. The highest BCUT2D eigenvalue weighted by atomic mass is 16.6. The van der Waals surface area contributed by atoms with Crippen LogP contribution in [0, 0.1) is 0 Å². The van der Waals surface area contributed by atoms with E-state index in [9.17, 15) is 14.4 Å². The second-order valence-corrected chi connectivity index (χ2v) is 4.47. The van der Waals surface area contributed by atoms with E-state index in [1.165, 1.54) is 18.2 Å². The molecule has 132 valence electrons. The van der Waals surface area contributed by atoms with Gasteiger partial charge in [0.05, 0.1) is 25.3 Å². The summed E-state index contributed by atoms with van der Waals surface area (Å²) in [5.74, 6) is -1.03. The predicted octanol–water partition coefficient (Wildman–Crippen LogP) is 0.712. The second kappa shape index (κ2) is 10.2. The lowest BCUT2D eigenvalue weighted by Gasteiger charge is -2.12. The van der Waals surface area contributed by atoms with E-state index in [1.54, 1.807) is 13.8 Å². The molecule has 0 atom stereocenters. The third-order valence-corrected chi connectivity index (χ3v) is 2.75. The Hall–Kier alpha value is -2.61. The van der Waals surface area contributed by atoms with E-state index in [2.05, 4.69) is 0 Å². The number of Topliss-reactive ketones (excluding diaryl/α,β-unsaturated/α-hetero) is 1. The van der Waals surface area contributed by atoms with Crippen molar-refractivity contribution in [1.29, 1.82) is 0 Å². The molecule has 1 rings (SSSR count). The van der Waals surface area contributed by atoms with Gasteiger partial charge in [-0.25, -0.2) is 9.59 Å². The number of benzene rings is 1. The van der Waals surface area contributed by atoms with E-state index in [-0.39, 0.29) is 55.8 Å². The minimum absolute atomic E-state index is 0.125. The molecule has 0 heterocycles. The smallest absolute Gasteiger partial charge is 0.344 e. The van der Waals surface area contributed by atoms with E-state index in [4.69, 9.17) is 24.7 Å². The summed E-state index contributed by atoms with van der Waals surface area (Å²) in [5.41, 5.74) is 5.57. The van der Waals surface area contributed by atoms with Crippen molar-refractivity contribution in [2.75, 3.05) is 33.0 Å². The van der Waals surface area contributed by atoms with Crippen molar-refractivity contribution in [2.24, 2.45) is 5.73 Å². The summed E-state index contributed by atoms with van der Waals surface area (Å²) in [6, 6.07) is 4.36. The molecule has 0 radical (unpaired) electrons. The van der Waals surface area contributed by atoms with Crippen LogP contribution in [-0.2, 0) is 19.1 Å². The third kappa shape index (κ3) is 6.25. The zero-order valence-electron chi connectivity index (χ0n) is 13.7. The maximum atomic E-state index is 11.8. The van der Waals surface area contributed by atoms with Gasteiger partial charge in [-0.1, -0.05) is 0 Å². The molecule has 0 aromatic heterocycles. The fourth-order valence-corrected chi connectivity index (χ4v) is 1.74. The molecule has 0 unspecified atom stereocenters. The Balaban J connectivity index is 2.85. The van der Waals surface area contributed by atoms with Gasteiger partial charge in [0.25, 0.3) is 0 Å². The van der Waals surface area contributed by atoms with Gasteiger partial charge in [-0.05, 0) is 26.0 Å². The van der Waals surface area contributed by atoms with Gasteiger partial charge < -0.3 is 24.7 Å². The van der Waals surface area contributed by atoms with Gasteiger partial charge in [0, 0.05) is 6.07 Å². The molecule has 0 amide bonds. The number of ether oxygens (including phenoxy) is 4. The summed E-state index contributed by atoms with van der Waals surface area (Å²) in [4.78, 5) is 34.5. The van der Waals surface area contributed by atoms with E-state index in [0.717, 1.165) is 0 Å². The lowest BCUT2D eigenvalue weighted by atomic mass is 10.1. The van der Waals surface area contributed by atoms with Crippen LogP contribution in [0.1, 0.15) is 24.2 Å². The Labute approximate surface area is 139 Å². The van der Waals surface area contributed by atoms with Crippen molar-refractivity contribution in [2.45, 2.75) is 13.8 Å². The standard InChI is InChI=1S/C16H21NO7/c1-3-21-15(19)9-23-11-5-6-12(13(18)8-17)14(7-11)24-10-16(20)22-4-2/h5-7H,3-4,8-10,17H2,1-2H3. The Morgan fingerprint density at radius 3 is 2.08 bits per heavy atom. The molecule has 1 aromatic carbocycles. The van der Waals surface area contributed by atoms with Crippen molar-refractivity contribution in [3.63, 3.8) is 0 Å². The van der Waals surface area contributed by atoms with Gasteiger partial charge in [0.1, 0.15) is 11.5 Å². The fraction of sp³-hybridized carbons (Fsp3) is 0.438. The van der Waals surface area contributed by atoms with Crippen LogP contribution in [0.2, 0.25) is 0 Å². The molecule has 0 aliphatic carbocycles. The quantitative estimate of drug-likeness (QED) is 0.490. The van der Waals surface area contributed by atoms with Crippen LogP contribution in [0.3, 0.4) is 0 Å². The van der Waals surface area contributed by atoms with E-state index in [1.807, 2.05) is 0 Å². The zero-order valence-corrected chi connectivity index (χ0v) is 13.7. The zero-order chi connectivity index (χ0) is 17.9. The summed E-state index contributed by atoms with van der Waals surface area (Å²) in [6.07, 6.45) is 0. The minimum atomic E-state index is -0.568. The maximum Gasteiger partial charge on any atom is 0.344 e. The third-order valence-electron chi connectivity index (χ3n) is 2.75. The number of hydrogen-bond acceptors (Lipinski definition) is 8. The van der Waals surface area contributed by atoms with Crippen LogP contribution < -0.4 is 15.2 Å². The molecule has 2 N–H and O–H groups in total. The van der Waals surface area contributed by atoms with Crippen LogP contribution in [0.5, 0.6) is 11.5 Å². The second-order valence-electron chi connectivity index (χ2n) is 4.47. The summed E-state index contributed by atoms with van der Waals surface area (Å²) >= 11 is 0. The number of carbonyl (C=O) groups is 3. The van der Waals surface area contributed by atoms with Crippen LogP contribution >= 0.6 is 0 Å². The first-order chi connectivity index (χ1) is 11.5. The average Bonchev–Trinajstić information content (AvgIpc) is 2.58. The first-order valence-electron chi connectivity index (χ1n) is 7.45. The molecule has 1 aromatic rings. The van der Waals surface area contributed by atoms with E-state index in [0.29, 0.717) is 0 Å². The largest absolute Gasteiger partial charge is 0.482 e. The van der Waals surface area contributed by atoms with Crippen molar-refractivity contribution in [3.8, 4) is 11.5 Å². The number of carbonyl (C=O) groups excluding carboxylic acids is 3. The molecule has 0 bridgehead atoms. The number of nitrogens with two attached hydrogens (primary N) is 1. The molecule has 0 saturated heterocycles.